The minimum Gasteiger partial charge on any atom is -0.304 e. The number of Topliss-reactive ketones (excluding diaryl/α,β-unsaturated/α-hetero) is 2. The molecule has 0 bridgehead atoms. The first kappa shape index (κ1) is 21.5. The molecular formula is C25H30N4O2. The van der Waals surface area contributed by atoms with E-state index in [0.717, 1.165) is 37.2 Å². The molecule has 1 aromatic rings. The van der Waals surface area contributed by atoms with Crippen LogP contribution in [0.2, 0.25) is 0 Å². The number of carbonyl (C=O) groups excluding carboxylic acids is 2. The minimum atomic E-state index is -0.828. The van der Waals surface area contributed by atoms with Gasteiger partial charge in [-0.2, -0.15) is 0 Å². The Morgan fingerprint density at radius 3 is 2.42 bits per heavy atom. The van der Waals surface area contributed by atoms with E-state index in [-0.39, 0.29) is 11.6 Å². The summed E-state index contributed by atoms with van der Waals surface area (Å²) in [5, 5.41) is 0. The molecule has 0 saturated carbocycles. The zero-order valence-electron chi connectivity index (χ0n) is 18.8. The number of rotatable bonds is 7. The zero-order valence-corrected chi connectivity index (χ0v) is 18.8. The minimum absolute atomic E-state index is 0.00102. The van der Waals surface area contributed by atoms with Crippen LogP contribution >= 0.6 is 0 Å². The Kier molecular flexibility index (Phi) is 5.84. The van der Waals surface area contributed by atoms with Gasteiger partial charge in [-0.3, -0.25) is 14.6 Å². The summed E-state index contributed by atoms with van der Waals surface area (Å²) in [6.07, 6.45) is 3.28. The number of hydrogen-bond acceptors (Lipinski definition) is 6. The van der Waals surface area contributed by atoms with Gasteiger partial charge in [-0.1, -0.05) is 44.2 Å². The van der Waals surface area contributed by atoms with E-state index in [2.05, 4.69) is 33.7 Å². The van der Waals surface area contributed by atoms with Gasteiger partial charge in [0.25, 0.3) is 0 Å². The molecular weight excluding hydrogens is 388 g/mol. The molecule has 2 aliphatic heterocycles. The van der Waals surface area contributed by atoms with Crippen LogP contribution in [-0.4, -0.2) is 59.4 Å². The number of fused-ring (bicyclic) bond motifs is 2. The van der Waals surface area contributed by atoms with Gasteiger partial charge in [0.15, 0.2) is 17.4 Å². The molecule has 2 atom stereocenters. The molecule has 0 aromatic heterocycles. The van der Waals surface area contributed by atoms with Crippen molar-refractivity contribution in [2.75, 3.05) is 19.6 Å². The molecule has 162 valence electrons. The largest absolute Gasteiger partial charge is 0.304 e. The molecule has 4 rings (SSSR count). The van der Waals surface area contributed by atoms with Gasteiger partial charge >= 0.3 is 0 Å². The van der Waals surface area contributed by atoms with Gasteiger partial charge in [0.05, 0.1) is 5.92 Å². The van der Waals surface area contributed by atoms with E-state index in [1.165, 1.54) is 0 Å². The molecule has 6 nitrogen and oxygen atoms in total. The summed E-state index contributed by atoms with van der Waals surface area (Å²) in [7, 11) is 0. The summed E-state index contributed by atoms with van der Waals surface area (Å²) in [5.74, 6) is -0.431. The van der Waals surface area contributed by atoms with Crippen molar-refractivity contribution in [2.45, 2.75) is 46.1 Å². The lowest BCUT2D eigenvalue weighted by Crippen LogP contribution is -2.49. The molecule has 3 aliphatic rings. The maximum atomic E-state index is 13.6. The third-order valence-corrected chi connectivity index (χ3v) is 6.57. The standard InChI is InChI=1S/C25H30N4O2/c1-5-29(6-2)14-10-13-17-19-18(15-26-25(3,4)23(19)31)20-21(22(17)30)28-24(27-20)16-11-8-7-9-12-16/h7-9,11-12,15,17,19H,5-6,10,13-14H2,1-4H3. The first-order valence-corrected chi connectivity index (χ1v) is 11.2. The van der Waals surface area contributed by atoms with E-state index in [0.29, 0.717) is 23.7 Å². The Bertz CT molecular complexity index is 1010. The fourth-order valence-electron chi connectivity index (χ4n) is 4.64. The molecule has 1 aromatic carbocycles. The quantitative estimate of drug-likeness (QED) is 0.680. The Hall–Kier alpha value is -2.73. The molecule has 0 saturated heterocycles. The second kappa shape index (κ2) is 8.42. The van der Waals surface area contributed by atoms with E-state index in [4.69, 9.17) is 0 Å². The molecule has 2 unspecified atom stereocenters. The average molecular weight is 419 g/mol. The highest BCUT2D eigenvalue weighted by atomic mass is 16.1. The predicted octanol–water partition coefficient (Wildman–Crippen LogP) is 3.51. The Morgan fingerprint density at radius 2 is 1.74 bits per heavy atom. The Morgan fingerprint density at radius 1 is 1.03 bits per heavy atom. The van der Waals surface area contributed by atoms with Crippen molar-refractivity contribution < 1.29 is 9.59 Å². The van der Waals surface area contributed by atoms with Crippen LogP contribution in [0.3, 0.4) is 0 Å². The van der Waals surface area contributed by atoms with Gasteiger partial charge in [-0.15, -0.1) is 0 Å². The smallest absolute Gasteiger partial charge is 0.187 e. The predicted molar refractivity (Wildman–Crippen MR) is 124 cm³/mol. The Labute approximate surface area is 183 Å². The van der Waals surface area contributed by atoms with Crippen LogP contribution in [-0.2, 0) is 9.59 Å². The highest BCUT2D eigenvalue weighted by Crippen LogP contribution is 2.41. The maximum Gasteiger partial charge on any atom is 0.187 e. The third kappa shape index (κ3) is 3.85. The van der Waals surface area contributed by atoms with Crippen molar-refractivity contribution in [2.24, 2.45) is 26.8 Å². The third-order valence-electron chi connectivity index (χ3n) is 6.57. The topological polar surface area (TPSA) is 74.5 Å². The highest BCUT2D eigenvalue weighted by Gasteiger charge is 2.50. The number of carbonyl (C=O) groups is 2. The molecule has 0 spiro atoms. The molecule has 0 N–H and O–H groups in total. The zero-order chi connectivity index (χ0) is 22.2. The molecule has 31 heavy (non-hydrogen) atoms. The second-order valence-electron chi connectivity index (χ2n) is 8.86. The summed E-state index contributed by atoms with van der Waals surface area (Å²) >= 11 is 0. The summed E-state index contributed by atoms with van der Waals surface area (Å²) in [4.78, 5) is 43.1. The van der Waals surface area contributed by atoms with Crippen molar-refractivity contribution in [3.8, 4) is 0 Å². The average Bonchev–Trinajstić information content (AvgIpc) is 3.22. The van der Waals surface area contributed by atoms with Crippen LogP contribution in [0.25, 0.3) is 0 Å². The van der Waals surface area contributed by atoms with Crippen LogP contribution in [0.15, 0.2) is 56.6 Å². The lowest BCUT2D eigenvalue weighted by Gasteiger charge is -2.37. The monoisotopic (exact) mass is 418 g/mol. The second-order valence-corrected chi connectivity index (χ2v) is 8.86. The van der Waals surface area contributed by atoms with Crippen molar-refractivity contribution >= 4 is 29.3 Å². The van der Waals surface area contributed by atoms with Crippen LogP contribution < -0.4 is 0 Å². The van der Waals surface area contributed by atoms with Crippen LogP contribution in [0, 0.1) is 11.8 Å². The number of amidine groups is 1. The number of benzene rings is 1. The number of nitrogens with zero attached hydrogens (tertiary/aromatic N) is 4. The number of ketones is 2. The maximum absolute atomic E-state index is 13.6. The molecule has 2 heterocycles. The molecule has 0 fully saturated rings. The molecule has 6 heteroatoms. The summed E-state index contributed by atoms with van der Waals surface area (Å²) < 4.78 is 0. The summed E-state index contributed by atoms with van der Waals surface area (Å²) in [5.41, 5.74) is 1.70. The lowest BCUT2D eigenvalue weighted by atomic mass is 9.67. The SMILES string of the molecule is CCN(CC)CCCC1C(=O)C2=NC(c3ccccc3)=NC2=C2C=NC(C)(C)C(=O)C21. The van der Waals surface area contributed by atoms with Gasteiger partial charge in [0.1, 0.15) is 16.9 Å². The van der Waals surface area contributed by atoms with E-state index in [1.807, 2.05) is 44.2 Å². The van der Waals surface area contributed by atoms with Gasteiger partial charge in [-0.25, -0.2) is 9.98 Å². The fraction of sp³-hybridized carbons (Fsp3) is 0.480. The number of aliphatic imine (C=N–C) groups is 3. The lowest BCUT2D eigenvalue weighted by molar-refractivity contribution is -0.131. The van der Waals surface area contributed by atoms with E-state index in [9.17, 15) is 9.59 Å². The first-order chi connectivity index (χ1) is 14.9. The highest BCUT2D eigenvalue weighted by molar-refractivity contribution is 6.52. The summed E-state index contributed by atoms with van der Waals surface area (Å²) in [6, 6.07) is 9.64. The van der Waals surface area contributed by atoms with E-state index < -0.39 is 17.4 Å². The first-order valence-electron chi connectivity index (χ1n) is 11.2. The van der Waals surface area contributed by atoms with Crippen LogP contribution in [0.4, 0.5) is 0 Å². The van der Waals surface area contributed by atoms with Crippen LogP contribution in [0.1, 0.15) is 46.1 Å². The van der Waals surface area contributed by atoms with Crippen molar-refractivity contribution in [3.05, 3.63) is 47.2 Å². The Balaban J connectivity index is 1.72. The van der Waals surface area contributed by atoms with Gasteiger partial charge in [-0.05, 0) is 46.3 Å². The van der Waals surface area contributed by atoms with Crippen molar-refractivity contribution in [1.29, 1.82) is 0 Å². The van der Waals surface area contributed by atoms with Crippen molar-refractivity contribution in [3.63, 3.8) is 0 Å². The van der Waals surface area contributed by atoms with E-state index >= 15 is 0 Å². The van der Waals surface area contributed by atoms with Gasteiger partial charge in [0.2, 0.25) is 0 Å². The number of hydrogen-bond donors (Lipinski definition) is 0. The molecule has 0 radical (unpaired) electrons. The molecule has 0 amide bonds. The van der Waals surface area contributed by atoms with Gasteiger partial charge in [0, 0.05) is 23.3 Å². The van der Waals surface area contributed by atoms with Crippen LogP contribution in [0.5, 0.6) is 0 Å². The number of allylic oxidation sites excluding steroid dienone is 2. The van der Waals surface area contributed by atoms with Gasteiger partial charge < -0.3 is 4.90 Å². The molecule has 1 aliphatic carbocycles. The normalized spacial score (nSPS) is 24.3. The van der Waals surface area contributed by atoms with E-state index in [1.54, 1.807) is 6.21 Å². The van der Waals surface area contributed by atoms with Crippen molar-refractivity contribution in [1.82, 2.24) is 4.90 Å². The fourth-order valence-corrected chi connectivity index (χ4v) is 4.64. The summed E-state index contributed by atoms with van der Waals surface area (Å²) in [6.45, 7) is 10.8.